The molecule has 2 heterocycles. The molecule has 0 spiro atoms. The van der Waals surface area contributed by atoms with Crippen LogP contribution in [0.2, 0.25) is 0 Å². The summed E-state index contributed by atoms with van der Waals surface area (Å²) in [6.07, 6.45) is 8.56. The fourth-order valence-electron chi connectivity index (χ4n) is 3.93. The van der Waals surface area contributed by atoms with Gasteiger partial charge in [-0.25, -0.2) is 0 Å². The molecular formula is C22H32N2O3S. The molecule has 2 aliphatic heterocycles. The van der Waals surface area contributed by atoms with Gasteiger partial charge >= 0.3 is 0 Å². The molecule has 0 N–H and O–H groups in total. The Balaban J connectivity index is 1.68. The minimum absolute atomic E-state index is 0.110. The molecule has 0 bridgehead atoms. The maximum Gasteiger partial charge on any atom is 0.246 e. The first kappa shape index (κ1) is 21.1. The van der Waals surface area contributed by atoms with E-state index < -0.39 is 0 Å². The van der Waals surface area contributed by atoms with Crippen LogP contribution in [0.1, 0.15) is 31.2 Å². The molecule has 1 aromatic rings. The number of amides is 1. The number of rotatable bonds is 6. The highest BCUT2D eigenvalue weighted by atomic mass is 32.2. The summed E-state index contributed by atoms with van der Waals surface area (Å²) in [4.78, 5) is 17.6. The van der Waals surface area contributed by atoms with E-state index in [1.165, 1.54) is 32.4 Å². The summed E-state index contributed by atoms with van der Waals surface area (Å²) in [7, 11) is 3.24. The lowest BCUT2D eigenvalue weighted by atomic mass is 10.1. The fourth-order valence-corrected chi connectivity index (χ4v) is 4.99. The summed E-state index contributed by atoms with van der Waals surface area (Å²) in [5.74, 6) is 3.65. The van der Waals surface area contributed by atoms with Crippen molar-refractivity contribution in [3.8, 4) is 11.5 Å². The highest BCUT2D eigenvalue weighted by molar-refractivity contribution is 7.99. The zero-order chi connectivity index (χ0) is 19.8. The first-order chi connectivity index (χ1) is 13.7. The van der Waals surface area contributed by atoms with Crippen molar-refractivity contribution >= 4 is 23.7 Å². The van der Waals surface area contributed by atoms with Crippen LogP contribution >= 0.6 is 11.8 Å². The van der Waals surface area contributed by atoms with Gasteiger partial charge in [-0.05, 0) is 61.9 Å². The van der Waals surface area contributed by atoms with Crippen molar-refractivity contribution in [2.45, 2.75) is 31.7 Å². The second kappa shape index (κ2) is 10.8. The Bertz CT molecular complexity index is 674. The zero-order valence-corrected chi connectivity index (χ0v) is 17.9. The number of carbonyl (C=O) groups is 1. The predicted molar refractivity (Wildman–Crippen MR) is 116 cm³/mol. The highest BCUT2D eigenvalue weighted by Crippen LogP contribution is 2.28. The van der Waals surface area contributed by atoms with E-state index in [4.69, 9.17) is 9.47 Å². The number of methoxy groups -OCH3 is 2. The number of nitrogens with zero attached hydrogens (tertiary/aromatic N) is 2. The largest absolute Gasteiger partial charge is 0.493 e. The van der Waals surface area contributed by atoms with Crippen LogP contribution in [0, 0.1) is 0 Å². The molecule has 0 aromatic heterocycles. The molecule has 1 amide bonds. The minimum atomic E-state index is 0.110. The average Bonchev–Trinajstić information content (AvgIpc) is 2.98. The molecule has 2 saturated heterocycles. The van der Waals surface area contributed by atoms with Gasteiger partial charge in [0.15, 0.2) is 11.5 Å². The van der Waals surface area contributed by atoms with Gasteiger partial charge < -0.3 is 19.3 Å². The molecule has 0 radical (unpaired) electrons. The van der Waals surface area contributed by atoms with Crippen LogP contribution < -0.4 is 9.47 Å². The van der Waals surface area contributed by atoms with Crippen molar-refractivity contribution in [2.24, 2.45) is 0 Å². The second-order valence-electron chi connectivity index (χ2n) is 7.42. The van der Waals surface area contributed by atoms with Crippen LogP contribution in [-0.4, -0.2) is 73.7 Å². The molecule has 1 aromatic carbocycles. The number of benzene rings is 1. The molecule has 0 aliphatic carbocycles. The molecule has 0 saturated carbocycles. The van der Waals surface area contributed by atoms with Crippen molar-refractivity contribution in [2.75, 3.05) is 51.9 Å². The van der Waals surface area contributed by atoms with E-state index in [9.17, 15) is 4.79 Å². The maximum atomic E-state index is 13.0. The number of ether oxygens (including phenoxy) is 2. The van der Waals surface area contributed by atoms with E-state index in [0.29, 0.717) is 17.5 Å². The number of hydrogen-bond acceptors (Lipinski definition) is 5. The first-order valence-electron chi connectivity index (χ1n) is 10.2. The molecule has 28 heavy (non-hydrogen) atoms. The maximum absolute atomic E-state index is 13.0. The summed E-state index contributed by atoms with van der Waals surface area (Å²) in [5.41, 5.74) is 0.933. The summed E-state index contributed by atoms with van der Waals surface area (Å²) in [6, 6.07) is 6.00. The SMILES string of the molecule is COc1ccc(/C=C/C(=O)N2CCCSCC2CN2CCCCC2)cc1OC. The van der Waals surface area contributed by atoms with Crippen LogP contribution in [0.5, 0.6) is 11.5 Å². The van der Waals surface area contributed by atoms with Gasteiger partial charge in [0.1, 0.15) is 0 Å². The zero-order valence-electron chi connectivity index (χ0n) is 17.1. The highest BCUT2D eigenvalue weighted by Gasteiger charge is 2.26. The number of thioether (sulfide) groups is 1. The van der Waals surface area contributed by atoms with E-state index in [1.807, 2.05) is 36.0 Å². The second-order valence-corrected chi connectivity index (χ2v) is 8.57. The Morgan fingerprint density at radius 3 is 2.64 bits per heavy atom. The van der Waals surface area contributed by atoms with E-state index in [1.54, 1.807) is 20.3 Å². The summed E-state index contributed by atoms with van der Waals surface area (Å²) < 4.78 is 10.6. The van der Waals surface area contributed by atoms with Gasteiger partial charge in [-0.2, -0.15) is 11.8 Å². The van der Waals surface area contributed by atoms with Gasteiger partial charge in [0.25, 0.3) is 0 Å². The van der Waals surface area contributed by atoms with Crippen molar-refractivity contribution in [3.63, 3.8) is 0 Å². The third kappa shape index (κ3) is 5.67. The predicted octanol–water partition coefficient (Wildman–Crippen LogP) is 3.54. The quantitative estimate of drug-likeness (QED) is 0.679. The van der Waals surface area contributed by atoms with E-state index >= 15 is 0 Å². The molecule has 154 valence electrons. The molecule has 3 rings (SSSR count). The fraction of sp³-hybridized carbons (Fsp3) is 0.591. The van der Waals surface area contributed by atoms with Crippen LogP contribution in [0.25, 0.3) is 6.08 Å². The van der Waals surface area contributed by atoms with Crippen LogP contribution in [-0.2, 0) is 4.79 Å². The van der Waals surface area contributed by atoms with Gasteiger partial charge in [0.05, 0.1) is 20.3 Å². The molecular weight excluding hydrogens is 372 g/mol. The Labute approximate surface area is 173 Å². The van der Waals surface area contributed by atoms with Gasteiger partial charge in [-0.1, -0.05) is 12.5 Å². The van der Waals surface area contributed by atoms with Crippen LogP contribution in [0.15, 0.2) is 24.3 Å². The van der Waals surface area contributed by atoms with E-state index in [0.717, 1.165) is 36.6 Å². The smallest absolute Gasteiger partial charge is 0.246 e. The topological polar surface area (TPSA) is 42.0 Å². The van der Waals surface area contributed by atoms with Crippen molar-refractivity contribution in [1.82, 2.24) is 9.80 Å². The van der Waals surface area contributed by atoms with Gasteiger partial charge in [0, 0.05) is 24.9 Å². The summed E-state index contributed by atoms with van der Waals surface area (Å²) in [6.45, 7) is 4.19. The molecule has 2 aliphatic rings. The van der Waals surface area contributed by atoms with Crippen LogP contribution in [0.4, 0.5) is 0 Å². The molecule has 1 atom stereocenters. The summed E-state index contributed by atoms with van der Waals surface area (Å²) in [5, 5.41) is 0. The average molecular weight is 405 g/mol. The van der Waals surface area contributed by atoms with E-state index in [2.05, 4.69) is 9.80 Å². The lowest BCUT2D eigenvalue weighted by Gasteiger charge is -2.35. The molecule has 5 nitrogen and oxygen atoms in total. The Morgan fingerprint density at radius 1 is 1.11 bits per heavy atom. The Morgan fingerprint density at radius 2 is 1.89 bits per heavy atom. The molecule has 6 heteroatoms. The standard InChI is InChI=1S/C22H32N2O3S/c1-26-20-9-7-18(15-21(20)27-2)8-10-22(25)24-13-6-14-28-17-19(24)16-23-11-4-3-5-12-23/h7-10,15,19H,3-6,11-14,16-17H2,1-2H3/b10-8+. The van der Waals surface area contributed by atoms with E-state index in [-0.39, 0.29) is 5.91 Å². The monoisotopic (exact) mass is 404 g/mol. The third-order valence-corrected chi connectivity index (χ3v) is 6.66. The third-order valence-electron chi connectivity index (χ3n) is 5.47. The Hall–Kier alpha value is -1.66. The number of hydrogen-bond donors (Lipinski definition) is 0. The molecule has 2 fully saturated rings. The number of carbonyl (C=O) groups excluding carboxylic acids is 1. The lowest BCUT2D eigenvalue weighted by Crippen LogP contribution is -2.48. The molecule has 1 unspecified atom stereocenters. The summed E-state index contributed by atoms with van der Waals surface area (Å²) >= 11 is 1.98. The Kier molecular flexibility index (Phi) is 8.10. The number of piperidine rings is 1. The number of likely N-dealkylation sites (tertiary alicyclic amines) is 1. The van der Waals surface area contributed by atoms with Crippen molar-refractivity contribution in [1.29, 1.82) is 0 Å². The van der Waals surface area contributed by atoms with Gasteiger partial charge in [-0.3, -0.25) is 4.79 Å². The normalized spacial score (nSPS) is 21.5. The van der Waals surface area contributed by atoms with Crippen molar-refractivity contribution < 1.29 is 14.3 Å². The minimum Gasteiger partial charge on any atom is -0.493 e. The first-order valence-corrected chi connectivity index (χ1v) is 11.4. The van der Waals surface area contributed by atoms with Gasteiger partial charge in [-0.15, -0.1) is 0 Å². The lowest BCUT2D eigenvalue weighted by molar-refractivity contribution is -0.128. The van der Waals surface area contributed by atoms with Gasteiger partial charge in [0.2, 0.25) is 5.91 Å². The van der Waals surface area contributed by atoms with Crippen LogP contribution in [0.3, 0.4) is 0 Å². The van der Waals surface area contributed by atoms with Crippen molar-refractivity contribution in [3.05, 3.63) is 29.8 Å².